The van der Waals surface area contributed by atoms with Crippen molar-refractivity contribution >= 4 is 107 Å². The average molecular weight is 1730 g/mol. The average Bonchev–Trinajstić information content (AvgIpc) is 0.750. The molecule has 6 rings (SSSR count). The van der Waals surface area contributed by atoms with Gasteiger partial charge in [-0.1, -0.05) is 0 Å². The molecule has 48 nitrogen and oxygen atoms in total. The maximum absolute atomic E-state index is 14.2. The molecule has 6 fully saturated rings. The number of ether oxygens (including phenoxy) is 28. The van der Waals surface area contributed by atoms with Crippen LogP contribution in [0.25, 0.3) is 0 Å². The van der Waals surface area contributed by atoms with Crippen molar-refractivity contribution in [3.05, 3.63) is 0 Å². The number of nitrogens with one attached hydrogen (secondary N) is 1. The van der Waals surface area contributed by atoms with E-state index in [0.29, 0.717) is 0 Å². The topological polar surface area (TPSA) is 598 Å². The van der Waals surface area contributed by atoms with Gasteiger partial charge >= 0.3 is 101 Å². The second kappa shape index (κ2) is 45.0. The molecule has 6 aliphatic heterocycles. The van der Waals surface area contributed by atoms with Crippen molar-refractivity contribution in [1.82, 2.24) is 5.32 Å². The van der Waals surface area contributed by atoms with Crippen molar-refractivity contribution in [3.8, 4) is 0 Å². The van der Waals surface area contributed by atoms with E-state index in [2.05, 4.69) is 5.32 Å². The second-order valence-electron chi connectivity index (χ2n) is 27.6. The Morgan fingerprint density at radius 1 is 0.225 bits per heavy atom. The van der Waals surface area contributed by atoms with E-state index in [0.717, 1.165) is 125 Å². The molecule has 0 radical (unpaired) electrons. The molecule has 0 bridgehead atoms. The van der Waals surface area contributed by atoms with Crippen LogP contribution in [0.15, 0.2) is 0 Å². The van der Waals surface area contributed by atoms with E-state index in [1.807, 2.05) is 0 Å². The summed E-state index contributed by atoms with van der Waals surface area (Å²) in [6.45, 7) is 12.5. The first-order chi connectivity index (χ1) is 56.1. The zero-order valence-corrected chi connectivity index (χ0v) is 68.6. The van der Waals surface area contributed by atoms with E-state index in [1.54, 1.807) is 0 Å². The van der Waals surface area contributed by atoms with Crippen molar-refractivity contribution in [3.63, 3.8) is 0 Å². The smallest absolute Gasteiger partial charge is 0.303 e. The van der Waals surface area contributed by atoms with Crippen LogP contribution in [-0.2, 0) is 219 Å². The molecular formula is C72H99NO47. The third-order valence-electron chi connectivity index (χ3n) is 17.5. The minimum atomic E-state index is -2.45. The summed E-state index contributed by atoms with van der Waals surface area (Å²) in [4.78, 5) is 238. The molecule has 0 unspecified atom stereocenters. The van der Waals surface area contributed by atoms with Crippen LogP contribution in [0.1, 0.15) is 132 Å². The lowest BCUT2D eigenvalue weighted by Gasteiger charge is -2.52. The first-order valence-corrected chi connectivity index (χ1v) is 37.0. The Kier molecular flexibility index (Phi) is 37.1. The van der Waals surface area contributed by atoms with Crippen molar-refractivity contribution in [1.29, 1.82) is 0 Å². The standard InChI is InChI=1S/C72H99NO47/c1-25-50(99-32(8)80)57(103-36(12)84)63(108-41(17)89)69(98-25)120-66-59(105-38(14)86)52(101-34(10)82)46(22-95-29(5)77)114-72(66)118-56-49(73-26(2)74)68(112-45(21-94-28(4)76)51(56)100-33(9)81)119-61-53(102-35(11)83)47(23-96-30(6)78)113-71(65(61)110-43(19)91)117-55-48(24-97-31(7)79)115-70(64(109-42(18)90)60(55)106-39(15)87)116-54-44(20-93-27(3)75)111-67(92)62(107-40(16)88)58(54)104-37(13)85/h25,44-72,92H,20-24H2,1-19H3,(H,73,74)/t25-,44+,45+,46+,47+,48+,49+,50+,51-,52-,53-,54+,55-,56+,57-,58-,59-,60-,61-,62+,63-,64+,65+,66+,67+,68-,69-,70-,71+,72-/m0/s1. The molecule has 30 atom stereocenters. The number of amides is 1. The molecule has 0 spiro atoms. The molecule has 0 aliphatic carbocycles. The van der Waals surface area contributed by atoms with Crippen LogP contribution in [0, 0.1) is 0 Å². The maximum Gasteiger partial charge on any atom is 0.303 e. The quantitative estimate of drug-likeness (QED) is 0.0482. The minimum absolute atomic E-state index is 0.805. The predicted molar refractivity (Wildman–Crippen MR) is 372 cm³/mol. The molecule has 1 amide bonds. The number of hydrogen-bond donors (Lipinski definition) is 2. The molecule has 48 heteroatoms. The lowest BCUT2D eigenvalue weighted by Crippen LogP contribution is -2.72. The Hall–Kier alpha value is -10.0. The van der Waals surface area contributed by atoms with Crippen LogP contribution in [0.3, 0.4) is 0 Å². The molecule has 0 aromatic carbocycles. The molecule has 6 heterocycles. The number of aliphatic hydroxyl groups is 1. The Morgan fingerprint density at radius 2 is 0.442 bits per heavy atom. The fourth-order valence-corrected chi connectivity index (χ4v) is 13.5. The van der Waals surface area contributed by atoms with Gasteiger partial charge in [-0.15, -0.1) is 0 Å². The monoisotopic (exact) mass is 1730 g/mol. The highest BCUT2D eigenvalue weighted by molar-refractivity contribution is 5.74. The zero-order chi connectivity index (χ0) is 89.8. The summed E-state index contributed by atoms with van der Waals surface area (Å²) in [5, 5.41) is 13.8. The van der Waals surface area contributed by atoms with E-state index in [4.69, 9.17) is 133 Å². The van der Waals surface area contributed by atoms with Gasteiger partial charge in [0.05, 0.1) is 6.10 Å². The summed E-state index contributed by atoms with van der Waals surface area (Å²) in [6, 6.07) is -2.21. The van der Waals surface area contributed by atoms with Crippen molar-refractivity contribution in [2.24, 2.45) is 0 Å². The Morgan fingerprint density at radius 3 is 0.783 bits per heavy atom. The molecule has 674 valence electrons. The first-order valence-electron chi connectivity index (χ1n) is 37.0. The van der Waals surface area contributed by atoms with Gasteiger partial charge in [0, 0.05) is 125 Å². The number of aliphatic hydroxyl groups excluding tert-OH is 1. The number of rotatable bonds is 33. The van der Waals surface area contributed by atoms with E-state index < -0.39 is 325 Å². The third-order valence-corrected chi connectivity index (χ3v) is 17.5. The van der Waals surface area contributed by atoms with Gasteiger partial charge in [-0.05, 0) is 6.92 Å². The van der Waals surface area contributed by atoms with E-state index in [1.165, 1.54) is 6.92 Å². The Balaban J connectivity index is 1.66. The SMILES string of the molecule is CC(=O)N[C@H]1[C@H](O[C@H]2[C@@H](OC(C)=O)[C@@H](COC(C)=O)O[C@H](O[C@@H]3[C@H](OC(C)=O)[C@@H](OC(C)=O)[C@H](O[C@H]4[C@H](OC(C)=O)[C@@H](OC(C)=O)[C@H](O)O[C@@H]4COC(C)=O)O[C@@H]3COC(C)=O)[C@@H]2OC(C)=O)O[C@H](COC(C)=O)[C@H](OC(C)=O)[C@@H]1O[C@@H]1O[C@H](COC(C)=O)[C@H](OC(C)=O)[C@H](OC(C)=O)[C@H]1O[C@@H]1O[C@@H](C)[C@@H](OC(C)=O)[C@H](OC(C)=O)[C@@H]1OC(C)=O. The van der Waals surface area contributed by atoms with E-state index >= 15 is 0 Å². The number of carbonyl (C=O) groups is 18. The van der Waals surface area contributed by atoms with Gasteiger partial charge in [-0.3, -0.25) is 86.3 Å². The molecule has 2 N–H and O–H groups in total. The first kappa shape index (κ1) is 98.8. The molecule has 0 aromatic rings. The van der Waals surface area contributed by atoms with Gasteiger partial charge < -0.3 is 143 Å². The van der Waals surface area contributed by atoms with Crippen molar-refractivity contribution in [2.45, 2.75) is 316 Å². The van der Waals surface area contributed by atoms with Gasteiger partial charge in [0.1, 0.15) is 94.0 Å². The van der Waals surface area contributed by atoms with Crippen molar-refractivity contribution < 1.29 is 224 Å². The van der Waals surface area contributed by atoms with E-state index in [9.17, 15) is 91.4 Å². The predicted octanol–water partition coefficient (Wildman–Crippen LogP) is -3.23. The highest BCUT2D eigenvalue weighted by Crippen LogP contribution is 2.43. The lowest BCUT2D eigenvalue weighted by molar-refractivity contribution is -0.393. The van der Waals surface area contributed by atoms with Gasteiger partial charge in [0.25, 0.3) is 0 Å². The van der Waals surface area contributed by atoms with Gasteiger partial charge in [0.2, 0.25) is 5.91 Å². The fraction of sp³-hybridized carbons (Fsp3) is 0.750. The summed E-state index contributed by atoms with van der Waals surface area (Å²) in [5.41, 5.74) is 0. The molecule has 120 heavy (non-hydrogen) atoms. The van der Waals surface area contributed by atoms with Crippen LogP contribution in [0.2, 0.25) is 0 Å². The summed E-state index contributed by atoms with van der Waals surface area (Å²) >= 11 is 0. The number of carbonyl (C=O) groups excluding carboxylic acids is 18. The zero-order valence-electron chi connectivity index (χ0n) is 68.6. The van der Waals surface area contributed by atoms with Gasteiger partial charge in [-0.25, -0.2) is 0 Å². The van der Waals surface area contributed by atoms with Crippen LogP contribution in [0.5, 0.6) is 0 Å². The number of esters is 17. The van der Waals surface area contributed by atoms with Crippen LogP contribution in [0.4, 0.5) is 0 Å². The largest absolute Gasteiger partial charge is 0.463 e. The summed E-state index contributed by atoms with van der Waals surface area (Å²) in [7, 11) is 0. The fourth-order valence-electron chi connectivity index (χ4n) is 13.5. The number of hydrogen-bond acceptors (Lipinski definition) is 47. The Labute approximate surface area is 683 Å². The van der Waals surface area contributed by atoms with E-state index in [-0.39, 0.29) is 0 Å². The van der Waals surface area contributed by atoms with Gasteiger partial charge in [-0.2, -0.15) is 0 Å². The highest BCUT2D eigenvalue weighted by atomic mass is 16.8. The summed E-state index contributed by atoms with van der Waals surface area (Å²) in [6.07, 6.45) is -60.9. The second-order valence-corrected chi connectivity index (χ2v) is 27.6. The molecule has 6 aliphatic rings. The van der Waals surface area contributed by atoms with Crippen LogP contribution in [-0.4, -0.2) is 330 Å². The molecule has 0 saturated carbocycles. The summed E-state index contributed by atoms with van der Waals surface area (Å²) < 4.78 is 167. The maximum atomic E-state index is 14.2. The molecule has 0 aromatic heterocycles. The minimum Gasteiger partial charge on any atom is -0.463 e. The lowest BCUT2D eigenvalue weighted by atomic mass is 9.93. The van der Waals surface area contributed by atoms with Crippen LogP contribution >= 0.6 is 0 Å². The normalized spacial score (nSPS) is 33.9. The summed E-state index contributed by atoms with van der Waals surface area (Å²) in [5.74, 6) is -20.1. The molecule has 6 saturated heterocycles. The highest BCUT2D eigenvalue weighted by Gasteiger charge is 2.64. The third kappa shape index (κ3) is 28.8. The van der Waals surface area contributed by atoms with Crippen molar-refractivity contribution in [2.75, 3.05) is 33.0 Å². The van der Waals surface area contributed by atoms with Crippen LogP contribution < -0.4 is 5.32 Å². The van der Waals surface area contributed by atoms with Gasteiger partial charge in [0.15, 0.2) is 117 Å². The Bertz CT molecular complexity index is 3700. The molecular weight excluding hydrogens is 1630 g/mol.